The minimum absolute atomic E-state index is 0.0254. The molecule has 32 heavy (non-hydrogen) atoms. The van der Waals surface area contributed by atoms with Crippen molar-refractivity contribution in [2.24, 2.45) is 0 Å². The van der Waals surface area contributed by atoms with Crippen molar-refractivity contribution in [3.05, 3.63) is 20.2 Å². The van der Waals surface area contributed by atoms with Gasteiger partial charge in [0.15, 0.2) is 0 Å². The van der Waals surface area contributed by atoms with E-state index in [1.54, 1.807) is 20.8 Å². The molecule has 2 unspecified atom stereocenters. The van der Waals surface area contributed by atoms with Crippen LogP contribution in [0.5, 0.6) is 0 Å². The van der Waals surface area contributed by atoms with Gasteiger partial charge in [-0.3, -0.25) is 14.4 Å². The molecule has 0 heterocycles. The van der Waals surface area contributed by atoms with E-state index in [9.17, 15) is 34.6 Å². The van der Waals surface area contributed by atoms with E-state index in [0.717, 1.165) is 0 Å². The van der Waals surface area contributed by atoms with Gasteiger partial charge < -0.3 is 24.5 Å². The van der Waals surface area contributed by atoms with Gasteiger partial charge in [0.1, 0.15) is 24.4 Å². The van der Waals surface area contributed by atoms with Crippen LogP contribution in [0.25, 0.3) is 0 Å². The summed E-state index contributed by atoms with van der Waals surface area (Å²) in [4.78, 5) is 63.2. The van der Waals surface area contributed by atoms with E-state index in [4.69, 9.17) is 9.47 Å². The molecule has 0 aliphatic heterocycles. The first-order chi connectivity index (χ1) is 14.9. The largest absolute Gasteiger partial charge is 0.464 e. The summed E-state index contributed by atoms with van der Waals surface area (Å²) in [7, 11) is 0. The zero-order valence-corrected chi connectivity index (χ0v) is 18.5. The fraction of sp³-hybridized carbons (Fsp3) is 0.833. The number of carbonyl (C=O) groups is 3. The van der Waals surface area contributed by atoms with Crippen molar-refractivity contribution in [3.63, 3.8) is 0 Å². The molecule has 1 N–H and O–H groups in total. The molecule has 0 spiro atoms. The molecule has 2 atom stereocenters. The zero-order valence-electron chi connectivity index (χ0n) is 18.5. The minimum atomic E-state index is -1.15. The Bertz CT molecular complexity index is 622. The van der Waals surface area contributed by atoms with Crippen LogP contribution in [-0.4, -0.2) is 59.5 Å². The fourth-order valence-electron chi connectivity index (χ4n) is 2.60. The van der Waals surface area contributed by atoms with Gasteiger partial charge in [-0.05, 0) is 52.9 Å². The molecule has 0 aromatic rings. The highest BCUT2D eigenvalue weighted by atomic mass is 17.0. The van der Waals surface area contributed by atoms with E-state index in [2.05, 4.69) is 15.0 Å². The quantitative estimate of drug-likeness (QED) is 0.102. The molecule has 0 aromatic heterocycles. The average molecular weight is 465 g/mol. The summed E-state index contributed by atoms with van der Waals surface area (Å²) in [5, 5.41) is 21.1. The van der Waals surface area contributed by atoms with Gasteiger partial charge in [0.25, 0.3) is 16.6 Å². The lowest BCUT2D eigenvalue weighted by atomic mass is 10.1. The summed E-state index contributed by atoms with van der Waals surface area (Å²) in [6, 6.07) is 0. The predicted octanol–water partition coefficient (Wildman–Crippen LogP) is 1.50. The number of esters is 1. The Hall–Kier alpha value is -3.19. The van der Waals surface area contributed by atoms with Gasteiger partial charge in [0.05, 0.1) is 6.42 Å². The Balaban J connectivity index is 4.10. The molecule has 1 amide bonds. The second kappa shape index (κ2) is 15.6. The van der Waals surface area contributed by atoms with Gasteiger partial charge in [-0.2, -0.15) is 0 Å². The molecule has 14 heteroatoms. The maximum atomic E-state index is 11.8. The van der Waals surface area contributed by atoms with Crippen LogP contribution in [0.1, 0.15) is 65.7 Å². The molecule has 0 aromatic carbocycles. The highest BCUT2D eigenvalue weighted by molar-refractivity contribution is 5.75. The molecule has 0 aliphatic rings. The van der Waals surface area contributed by atoms with E-state index in [-0.39, 0.29) is 38.1 Å². The Kier molecular flexibility index (Phi) is 14.0. The van der Waals surface area contributed by atoms with Gasteiger partial charge in [0.2, 0.25) is 5.91 Å². The number of unbranched alkanes of at least 4 members (excludes halogenated alkanes) is 1. The Morgan fingerprint density at radius 2 is 1.69 bits per heavy atom. The first kappa shape index (κ1) is 28.8. The minimum Gasteiger partial charge on any atom is -0.464 e. The normalized spacial score (nSPS) is 12.7. The number of amides is 1. The summed E-state index contributed by atoms with van der Waals surface area (Å²) < 4.78 is 10.1. The standard InChI is InChI=1S/C18H31N3O11/c1-18(2,3)31-17(24)11-14(29-13-22)7-4-5-10-19-16(23)9-6-8-15(32-21(27)28)12-30-20(25)26/h13-15H,4-12H2,1-3H3,(H,19,23). The third-order valence-corrected chi connectivity index (χ3v) is 3.87. The summed E-state index contributed by atoms with van der Waals surface area (Å²) in [5.74, 6) is -0.768. The van der Waals surface area contributed by atoms with Crippen molar-refractivity contribution in [2.75, 3.05) is 13.2 Å². The lowest BCUT2D eigenvalue weighted by molar-refractivity contribution is -0.790. The van der Waals surface area contributed by atoms with Crippen molar-refractivity contribution >= 4 is 18.3 Å². The number of nitrogens with zero attached hydrogens (tertiary/aromatic N) is 2. The second-order valence-electron chi connectivity index (χ2n) is 7.85. The van der Waals surface area contributed by atoms with Crippen molar-refractivity contribution in [1.82, 2.24) is 5.32 Å². The molecular formula is C18H31N3O11. The molecule has 0 rings (SSSR count). The maximum Gasteiger partial charge on any atom is 0.310 e. The molecule has 184 valence electrons. The van der Waals surface area contributed by atoms with Crippen molar-refractivity contribution < 1.29 is 43.7 Å². The van der Waals surface area contributed by atoms with E-state index in [1.165, 1.54) is 0 Å². The lowest BCUT2D eigenvalue weighted by Gasteiger charge is -2.21. The summed E-state index contributed by atoms with van der Waals surface area (Å²) in [5.41, 5.74) is -0.637. The topological polar surface area (TPSA) is 186 Å². The molecule has 14 nitrogen and oxygen atoms in total. The van der Waals surface area contributed by atoms with Crippen molar-refractivity contribution in [1.29, 1.82) is 0 Å². The molecule has 0 radical (unpaired) electrons. The van der Waals surface area contributed by atoms with Gasteiger partial charge in [-0.25, -0.2) is 0 Å². The first-order valence-corrected chi connectivity index (χ1v) is 10.1. The van der Waals surface area contributed by atoms with Gasteiger partial charge in [-0.1, -0.05) is 0 Å². The number of nitrogens with one attached hydrogen (secondary N) is 1. The molecule has 0 saturated heterocycles. The van der Waals surface area contributed by atoms with Crippen LogP contribution in [0.15, 0.2) is 0 Å². The Labute approximate surface area is 185 Å². The van der Waals surface area contributed by atoms with E-state index >= 15 is 0 Å². The zero-order chi connectivity index (χ0) is 24.6. The molecule has 0 saturated carbocycles. The highest BCUT2D eigenvalue weighted by Crippen LogP contribution is 2.14. The Morgan fingerprint density at radius 1 is 1.03 bits per heavy atom. The molecule has 0 aliphatic carbocycles. The Morgan fingerprint density at radius 3 is 2.25 bits per heavy atom. The summed E-state index contributed by atoms with van der Waals surface area (Å²) in [6.45, 7) is 5.22. The van der Waals surface area contributed by atoms with Gasteiger partial charge in [0, 0.05) is 13.0 Å². The highest BCUT2D eigenvalue weighted by Gasteiger charge is 2.21. The SMILES string of the molecule is CC(C)(C)OC(=O)CC(CCCCNC(=O)CCCC(CO[N+](=O)[O-])O[N+](=O)[O-])OC=O. The number of hydrogen-bond donors (Lipinski definition) is 1. The van der Waals surface area contributed by atoms with Crippen LogP contribution in [-0.2, 0) is 33.5 Å². The molecule has 0 bridgehead atoms. The second-order valence-corrected chi connectivity index (χ2v) is 7.85. The van der Waals surface area contributed by atoms with E-state index < -0.39 is 40.6 Å². The van der Waals surface area contributed by atoms with Gasteiger partial charge in [-0.15, -0.1) is 20.2 Å². The predicted molar refractivity (Wildman–Crippen MR) is 107 cm³/mol. The third kappa shape index (κ3) is 17.7. The third-order valence-electron chi connectivity index (χ3n) is 3.87. The monoisotopic (exact) mass is 465 g/mol. The average Bonchev–Trinajstić information content (AvgIpc) is 2.63. The number of carbonyl (C=O) groups excluding carboxylic acids is 3. The van der Waals surface area contributed by atoms with Crippen molar-refractivity contribution in [3.8, 4) is 0 Å². The first-order valence-electron chi connectivity index (χ1n) is 10.1. The van der Waals surface area contributed by atoms with Crippen LogP contribution in [0, 0.1) is 20.2 Å². The van der Waals surface area contributed by atoms with E-state index in [1.807, 2.05) is 0 Å². The molecule has 0 fully saturated rings. The maximum absolute atomic E-state index is 11.8. The van der Waals surface area contributed by atoms with E-state index in [0.29, 0.717) is 25.8 Å². The summed E-state index contributed by atoms with van der Waals surface area (Å²) >= 11 is 0. The van der Waals surface area contributed by atoms with Crippen LogP contribution in [0.4, 0.5) is 0 Å². The van der Waals surface area contributed by atoms with Crippen LogP contribution in [0.3, 0.4) is 0 Å². The van der Waals surface area contributed by atoms with Crippen LogP contribution < -0.4 is 5.32 Å². The number of hydrogen-bond acceptors (Lipinski definition) is 11. The summed E-state index contributed by atoms with van der Waals surface area (Å²) in [6.07, 6.45) is 0.0295. The van der Waals surface area contributed by atoms with Crippen LogP contribution >= 0.6 is 0 Å². The van der Waals surface area contributed by atoms with Crippen molar-refractivity contribution in [2.45, 2.75) is 83.5 Å². The fourth-order valence-corrected chi connectivity index (χ4v) is 2.60. The number of ether oxygens (including phenoxy) is 2. The smallest absolute Gasteiger partial charge is 0.310 e. The van der Waals surface area contributed by atoms with Crippen LogP contribution in [0.2, 0.25) is 0 Å². The van der Waals surface area contributed by atoms with Gasteiger partial charge >= 0.3 is 5.97 Å². The molecular weight excluding hydrogens is 434 g/mol. The lowest BCUT2D eigenvalue weighted by Crippen LogP contribution is -2.28. The number of rotatable bonds is 18.